The zero-order valence-electron chi connectivity index (χ0n) is 20.8. The average molecular weight is 494 g/mol. The van der Waals surface area contributed by atoms with E-state index in [0.29, 0.717) is 31.9 Å². The fourth-order valence-electron chi connectivity index (χ4n) is 4.40. The standard InChI is InChI=1S/C24H39N5O4S/c1-19(28-13-7-12-27(16-17-28)18-22(30)26-24(2,3)4)23(31)25-20-8-10-21(11-9-20)34(32,33)29-14-5-6-15-29/h8-11,19H,5-7,12-18H2,1-4H3,(H,25,31)(H,26,30)/t19-/m0/s1. The Morgan fingerprint density at radius 1 is 0.941 bits per heavy atom. The first kappa shape index (κ1) is 26.6. The lowest BCUT2D eigenvalue weighted by molar-refractivity contribution is -0.124. The summed E-state index contributed by atoms with van der Waals surface area (Å²) < 4.78 is 26.9. The SMILES string of the molecule is C[C@@H](C(=O)Nc1ccc(S(=O)(=O)N2CCCC2)cc1)N1CCCN(CC(=O)NC(C)(C)C)CC1. The van der Waals surface area contributed by atoms with Crippen molar-refractivity contribution in [3.05, 3.63) is 24.3 Å². The van der Waals surface area contributed by atoms with E-state index in [1.807, 2.05) is 27.7 Å². The third-order valence-electron chi connectivity index (χ3n) is 6.26. The summed E-state index contributed by atoms with van der Waals surface area (Å²) >= 11 is 0. The van der Waals surface area contributed by atoms with E-state index in [-0.39, 0.29) is 28.3 Å². The molecule has 2 heterocycles. The molecule has 34 heavy (non-hydrogen) atoms. The number of amides is 2. The number of hydrogen-bond donors (Lipinski definition) is 2. The molecule has 0 spiro atoms. The highest BCUT2D eigenvalue weighted by Gasteiger charge is 2.28. The monoisotopic (exact) mass is 493 g/mol. The van der Waals surface area contributed by atoms with Gasteiger partial charge in [0.05, 0.1) is 17.5 Å². The summed E-state index contributed by atoms with van der Waals surface area (Å²) in [6, 6.07) is 6.06. The average Bonchev–Trinajstić information content (AvgIpc) is 3.21. The molecule has 2 aliphatic rings. The van der Waals surface area contributed by atoms with Gasteiger partial charge in [-0.05, 0) is 77.8 Å². The molecule has 3 rings (SSSR count). The Kier molecular flexibility index (Phi) is 8.72. The lowest BCUT2D eigenvalue weighted by Crippen LogP contribution is -2.47. The topological polar surface area (TPSA) is 102 Å². The molecule has 0 unspecified atom stereocenters. The number of nitrogens with zero attached hydrogens (tertiary/aromatic N) is 3. The van der Waals surface area contributed by atoms with Crippen molar-refractivity contribution in [1.82, 2.24) is 19.4 Å². The van der Waals surface area contributed by atoms with Crippen molar-refractivity contribution in [2.24, 2.45) is 0 Å². The fraction of sp³-hybridized carbons (Fsp3) is 0.667. The summed E-state index contributed by atoms with van der Waals surface area (Å²) in [6.45, 7) is 12.3. The minimum absolute atomic E-state index is 0.0157. The van der Waals surface area contributed by atoms with E-state index >= 15 is 0 Å². The molecule has 10 heteroatoms. The number of rotatable bonds is 7. The van der Waals surface area contributed by atoms with Crippen LogP contribution >= 0.6 is 0 Å². The van der Waals surface area contributed by atoms with Crippen molar-refractivity contribution in [2.75, 3.05) is 51.1 Å². The van der Waals surface area contributed by atoms with Gasteiger partial charge in [-0.25, -0.2) is 8.42 Å². The molecule has 0 aliphatic carbocycles. The smallest absolute Gasteiger partial charge is 0.243 e. The normalized spacial score (nSPS) is 20.0. The van der Waals surface area contributed by atoms with E-state index in [1.165, 1.54) is 4.31 Å². The van der Waals surface area contributed by atoms with Crippen LogP contribution in [0.3, 0.4) is 0 Å². The van der Waals surface area contributed by atoms with Gasteiger partial charge in [0, 0.05) is 44.0 Å². The van der Waals surface area contributed by atoms with Crippen LogP contribution in [-0.2, 0) is 19.6 Å². The highest BCUT2D eigenvalue weighted by Crippen LogP contribution is 2.22. The van der Waals surface area contributed by atoms with Gasteiger partial charge >= 0.3 is 0 Å². The van der Waals surface area contributed by atoms with Crippen LogP contribution in [0.4, 0.5) is 5.69 Å². The van der Waals surface area contributed by atoms with E-state index in [9.17, 15) is 18.0 Å². The van der Waals surface area contributed by atoms with E-state index in [0.717, 1.165) is 38.9 Å². The van der Waals surface area contributed by atoms with Crippen molar-refractivity contribution < 1.29 is 18.0 Å². The first-order valence-corrected chi connectivity index (χ1v) is 13.6. The van der Waals surface area contributed by atoms with Gasteiger partial charge in [0.1, 0.15) is 0 Å². The summed E-state index contributed by atoms with van der Waals surface area (Å²) in [5.74, 6) is -0.115. The molecule has 0 saturated carbocycles. The maximum atomic E-state index is 12.9. The van der Waals surface area contributed by atoms with E-state index < -0.39 is 10.0 Å². The first-order chi connectivity index (χ1) is 16.0. The summed E-state index contributed by atoms with van der Waals surface area (Å²) in [4.78, 5) is 29.6. The van der Waals surface area contributed by atoms with Gasteiger partial charge in [-0.2, -0.15) is 4.31 Å². The molecular weight excluding hydrogens is 454 g/mol. The second-order valence-corrected chi connectivity index (χ2v) is 12.2. The summed E-state index contributed by atoms with van der Waals surface area (Å²) in [7, 11) is -3.47. The Labute approximate surface area is 203 Å². The highest BCUT2D eigenvalue weighted by molar-refractivity contribution is 7.89. The number of benzene rings is 1. The van der Waals surface area contributed by atoms with Gasteiger partial charge in [-0.15, -0.1) is 0 Å². The van der Waals surface area contributed by atoms with Crippen LogP contribution in [0, 0.1) is 0 Å². The molecular formula is C24H39N5O4S. The molecule has 2 saturated heterocycles. The number of anilines is 1. The Morgan fingerprint density at radius 3 is 2.21 bits per heavy atom. The zero-order chi connectivity index (χ0) is 24.9. The van der Waals surface area contributed by atoms with Crippen LogP contribution in [0.1, 0.15) is 47.0 Å². The van der Waals surface area contributed by atoms with Crippen molar-refractivity contribution in [3.8, 4) is 0 Å². The van der Waals surface area contributed by atoms with Crippen molar-refractivity contribution in [1.29, 1.82) is 0 Å². The van der Waals surface area contributed by atoms with Gasteiger partial charge in [0.25, 0.3) is 0 Å². The largest absolute Gasteiger partial charge is 0.350 e. The van der Waals surface area contributed by atoms with Crippen LogP contribution < -0.4 is 10.6 Å². The first-order valence-electron chi connectivity index (χ1n) is 12.1. The number of sulfonamides is 1. The minimum atomic E-state index is -3.47. The van der Waals surface area contributed by atoms with E-state index in [1.54, 1.807) is 24.3 Å². The molecule has 2 aliphatic heterocycles. The van der Waals surface area contributed by atoms with Gasteiger partial charge in [-0.1, -0.05) is 0 Å². The highest BCUT2D eigenvalue weighted by atomic mass is 32.2. The van der Waals surface area contributed by atoms with Gasteiger partial charge in [0.15, 0.2) is 0 Å². The Morgan fingerprint density at radius 2 is 1.59 bits per heavy atom. The van der Waals surface area contributed by atoms with Crippen LogP contribution in [0.25, 0.3) is 0 Å². The van der Waals surface area contributed by atoms with Gasteiger partial charge in [0.2, 0.25) is 21.8 Å². The summed E-state index contributed by atoms with van der Waals surface area (Å²) in [5, 5.41) is 5.91. The lowest BCUT2D eigenvalue weighted by Gasteiger charge is -2.27. The van der Waals surface area contributed by atoms with E-state index in [4.69, 9.17) is 0 Å². The second-order valence-electron chi connectivity index (χ2n) is 10.3. The molecule has 0 radical (unpaired) electrons. The maximum Gasteiger partial charge on any atom is 0.243 e. The quantitative estimate of drug-likeness (QED) is 0.600. The van der Waals surface area contributed by atoms with Gasteiger partial charge in [-0.3, -0.25) is 19.4 Å². The summed E-state index contributed by atoms with van der Waals surface area (Å²) in [6.07, 6.45) is 2.66. The molecule has 9 nitrogen and oxygen atoms in total. The van der Waals surface area contributed by atoms with E-state index in [2.05, 4.69) is 20.4 Å². The predicted octanol–water partition coefficient (Wildman–Crippen LogP) is 1.72. The lowest BCUT2D eigenvalue weighted by atomic mass is 10.1. The number of nitrogens with one attached hydrogen (secondary N) is 2. The Hall–Kier alpha value is -2.01. The Balaban J connectivity index is 1.52. The fourth-order valence-corrected chi connectivity index (χ4v) is 5.91. The second kappa shape index (κ2) is 11.2. The molecule has 1 aromatic rings. The number of carbonyl (C=O) groups is 2. The van der Waals surface area contributed by atoms with Crippen LogP contribution in [-0.4, -0.2) is 91.7 Å². The van der Waals surface area contributed by atoms with Gasteiger partial charge < -0.3 is 10.6 Å². The molecule has 190 valence electrons. The molecule has 2 N–H and O–H groups in total. The Bertz CT molecular complexity index is 953. The molecule has 2 fully saturated rings. The van der Waals surface area contributed by atoms with Crippen LogP contribution in [0.2, 0.25) is 0 Å². The third-order valence-corrected chi connectivity index (χ3v) is 8.17. The van der Waals surface area contributed by atoms with Crippen LogP contribution in [0.15, 0.2) is 29.2 Å². The zero-order valence-corrected chi connectivity index (χ0v) is 21.7. The number of carbonyl (C=O) groups excluding carboxylic acids is 2. The molecule has 1 aromatic carbocycles. The van der Waals surface area contributed by atoms with Crippen molar-refractivity contribution >= 4 is 27.5 Å². The third kappa shape index (κ3) is 7.24. The van der Waals surface area contributed by atoms with Crippen molar-refractivity contribution in [3.63, 3.8) is 0 Å². The molecule has 0 aromatic heterocycles. The minimum Gasteiger partial charge on any atom is -0.350 e. The number of hydrogen-bond acceptors (Lipinski definition) is 6. The van der Waals surface area contributed by atoms with Crippen LogP contribution in [0.5, 0.6) is 0 Å². The van der Waals surface area contributed by atoms with Crippen molar-refractivity contribution in [2.45, 2.75) is 63.4 Å². The molecule has 2 amide bonds. The summed E-state index contributed by atoms with van der Waals surface area (Å²) in [5.41, 5.74) is 0.325. The maximum absolute atomic E-state index is 12.9. The predicted molar refractivity (Wildman–Crippen MR) is 133 cm³/mol. The molecule has 0 bridgehead atoms. The molecule has 1 atom stereocenters.